The Morgan fingerprint density at radius 3 is 2.46 bits per heavy atom. The normalized spacial score (nSPS) is 24.3. The van der Waals surface area contributed by atoms with Crippen molar-refractivity contribution < 1.29 is 17.6 Å². The van der Waals surface area contributed by atoms with E-state index in [9.17, 15) is 17.6 Å². The van der Waals surface area contributed by atoms with Gasteiger partial charge in [-0.3, -0.25) is 4.79 Å². The van der Waals surface area contributed by atoms with Crippen LogP contribution in [0.1, 0.15) is 6.92 Å². The average molecular weight is 378 g/mol. The molecule has 2 fully saturated rings. The summed E-state index contributed by atoms with van der Waals surface area (Å²) >= 11 is 0. The van der Waals surface area contributed by atoms with Crippen LogP contribution in [0.25, 0.3) is 0 Å². The third-order valence-electron chi connectivity index (χ3n) is 4.53. The van der Waals surface area contributed by atoms with Crippen LogP contribution in [-0.2, 0) is 14.8 Å². The number of halogens is 2. The van der Waals surface area contributed by atoms with Crippen LogP contribution in [0.15, 0.2) is 29.2 Å². The lowest BCUT2D eigenvalue weighted by Gasteiger charge is -2.22. The van der Waals surface area contributed by atoms with Crippen molar-refractivity contribution in [2.24, 2.45) is 11.8 Å². The number of carbonyl (C=O) groups excluding carboxylic acids is 1. The molecular formula is C15H21ClFN3O3S. The van der Waals surface area contributed by atoms with Crippen molar-refractivity contribution in [2.45, 2.75) is 17.9 Å². The van der Waals surface area contributed by atoms with Crippen molar-refractivity contribution in [3.05, 3.63) is 30.1 Å². The summed E-state index contributed by atoms with van der Waals surface area (Å²) in [6, 6.07) is 4.20. The van der Waals surface area contributed by atoms with Gasteiger partial charge in [0.05, 0.1) is 6.04 Å². The van der Waals surface area contributed by atoms with Crippen LogP contribution in [0, 0.1) is 17.7 Å². The van der Waals surface area contributed by atoms with Gasteiger partial charge in [-0.25, -0.2) is 12.8 Å². The summed E-state index contributed by atoms with van der Waals surface area (Å²) < 4.78 is 40.4. The summed E-state index contributed by atoms with van der Waals surface area (Å²) in [5.41, 5.74) is 0. The molecule has 2 N–H and O–H groups in total. The number of benzene rings is 1. The maximum Gasteiger partial charge on any atom is 0.244 e. The molecule has 134 valence electrons. The topological polar surface area (TPSA) is 78.5 Å². The van der Waals surface area contributed by atoms with E-state index in [1.54, 1.807) is 4.90 Å². The van der Waals surface area contributed by atoms with E-state index in [0.29, 0.717) is 24.9 Å². The highest BCUT2D eigenvalue weighted by Gasteiger charge is 2.39. The first kappa shape index (κ1) is 19.1. The molecule has 0 spiro atoms. The zero-order chi connectivity index (χ0) is 16.6. The Bertz CT molecular complexity index is 704. The minimum atomic E-state index is -4.07. The van der Waals surface area contributed by atoms with Gasteiger partial charge in [-0.2, -0.15) is 4.72 Å². The molecule has 1 unspecified atom stereocenters. The first-order valence-corrected chi connectivity index (χ1v) is 9.13. The molecule has 9 heteroatoms. The molecule has 2 aliphatic rings. The fourth-order valence-electron chi connectivity index (χ4n) is 3.32. The summed E-state index contributed by atoms with van der Waals surface area (Å²) in [7, 11) is -4.07. The number of hydrogen-bond donors (Lipinski definition) is 2. The van der Waals surface area contributed by atoms with Crippen LogP contribution in [0.5, 0.6) is 0 Å². The van der Waals surface area contributed by atoms with Crippen molar-refractivity contribution in [3.8, 4) is 0 Å². The van der Waals surface area contributed by atoms with Crippen LogP contribution in [0.2, 0.25) is 0 Å². The van der Waals surface area contributed by atoms with E-state index in [2.05, 4.69) is 10.0 Å². The molecule has 3 atom stereocenters. The maximum absolute atomic E-state index is 13.7. The molecule has 0 bridgehead atoms. The van der Waals surface area contributed by atoms with Crippen molar-refractivity contribution >= 4 is 28.3 Å². The van der Waals surface area contributed by atoms with Crippen molar-refractivity contribution in [3.63, 3.8) is 0 Å². The summed E-state index contributed by atoms with van der Waals surface area (Å²) in [5, 5.41) is 3.29. The molecule has 0 aromatic heterocycles. The fourth-order valence-corrected chi connectivity index (χ4v) is 4.59. The lowest BCUT2D eigenvalue weighted by Crippen LogP contribution is -2.46. The standard InChI is InChI=1S/C15H20FN3O3S.ClH/c1-10(15(20)19-8-11-6-17-7-12(11)9-19)18-23(21,22)14-5-3-2-4-13(14)16;/h2-5,10-12,17-18H,6-9H2,1H3;1H/t10?,11-,12+;. The molecule has 0 saturated carbocycles. The third kappa shape index (κ3) is 3.72. The van der Waals surface area contributed by atoms with Crippen LogP contribution in [0.3, 0.4) is 0 Å². The molecule has 3 rings (SSSR count). The molecule has 2 heterocycles. The summed E-state index contributed by atoms with van der Waals surface area (Å²) in [6.07, 6.45) is 0. The van der Waals surface area contributed by atoms with Gasteiger partial charge in [0.15, 0.2) is 0 Å². The van der Waals surface area contributed by atoms with Gasteiger partial charge in [-0.05, 0) is 30.9 Å². The van der Waals surface area contributed by atoms with Gasteiger partial charge in [0, 0.05) is 26.2 Å². The Kier molecular flexibility index (Phi) is 5.85. The zero-order valence-corrected chi connectivity index (χ0v) is 14.9. The number of rotatable bonds is 4. The Morgan fingerprint density at radius 1 is 1.29 bits per heavy atom. The molecule has 1 aromatic carbocycles. The van der Waals surface area contributed by atoms with Crippen molar-refractivity contribution in [2.75, 3.05) is 26.2 Å². The molecular weight excluding hydrogens is 357 g/mol. The van der Waals surface area contributed by atoms with Gasteiger partial charge < -0.3 is 10.2 Å². The Balaban J connectivity index is 0.00000208. The van der Waals surface area contributed by atoms with Crippen molar-refractivity contribution in [1.29, 1.82) is 0 Å². The highest BCUT2D eigenvalue weighted by molar-refractivity contribution is 7.89. The van der Waals surface area contributed by atoms with Crippen LogP contribution < -0.4 is 10.0 Å². The molecule has 1 aromatic rings. The van der Waals surface area contributed by atoms with Crippen LogP contribution in [-0.4, -0.2) is 51.4 Å². The third-order valence-corrected chi connectivity index (χ3v) is 6.10. The number of hydrogen-bond acceptors (Lipinski definition) is 4. The molecule has 0 radical (unpaired) electrons. The number of nitrogens with one attached hydrogen (secondary N) is 2. The summed E-state index contributed by atoms with van der Waals surface area (Å²) in [6.45, 7) is 4.56. The predicted molar refractivity (Wildman–Crippen MR) is 89.9 cm³/mol. The molecule has 6 nitrogen and oxygen atoms in total. The highest BCUT2D eigenvalue weighted by atomic mass is 35.5. The second-order valence-electron chi connectivity index (χ2n) is 6.20. The minimum absolute atomic E-state index is 0. The SMILES string of the molecule is CC(NS(=O)(=O)c1ccccc1F)C(=O)N1C[C@H]2CNC[C@H]2C1.Cl. The van der Waals surface area contributed by atoms with Crippen LogP contribution >= 0.6 is 12.4 Å². The van der Waals surface area contributed by atoms with E-state index in [1.165, 1.54) is 25.1 Å². The van der Waals surface area contributed by atoms with Gasteiger partial charge in [0.25, 0.3) is 0 Å². The summed E-state index contributed by atoms with van der Waals surface area (Å²) in [4.78, 5) is 13.7. The Labute approximate surface area is 147 Å². The highest BCUT2D eigenvalue weighted by Crippen LogP contribution is 2.26. The molecule has 24 heavy (non-hydrogen) atoms. The molecule has 1 amide bonds. The first-order chi connectivity index (χ1) is 10.9. The summed E-state index contributed by atoms with van der Waals surface area (Å²) in [5.74, 6) is -0.218. The van der Waals surface area contributed by atoms with E-state index in [0.717, 1.165) is 19.2 Å². The van der Waals surface area contributed by atoms with Gasteiger partial charge >= 0.3 is 0 Å². The molecule has 2 saturated heterocycles. The average Bonchev–Trinajstić information content (AvgIpc) is 3.07. The van der Waals surface area contributed by atoms with Gasteiger partial charge in [0.2, 0.25) is 15.9 Å². The zero-order valence-electron chi connectivity index (χ0n) is 13.2. The van der Waals surface area contributed by atoms with E-state index in [4.69, 9.17) is 0 Å². The smallest absolute Gasteiger partial charge is 0.244 e. The Hall–Kier alpha value is -1.22. The fraction of sp³-hybridized carbons (Fsp3) is 0.533. The van der Waals surface area contributed by atoms with E-state index in [1.807, 2.05) is 0 Å². The monoisotopic (exact) mass is 377 g/mol. The van der Waals surface area contributed by atoms with Gasteiger partial charge in [-0.1, -0.05) is 12.1 Å². The number of carbonyl (C=O) groups is 1. The second-order valence-corrected chi connectivity index (χ2v) is 7.88. The van der Waals surface area contributed by atoms with Gasteiger partial charge in [-0.15, -0.1) is 12.4 Å². The number of fused-ring (bicyclic) bond motifs is 1. The first-order valence-electron chi connectivity index (χ1n) is 7.65. The number of nitrogens with zero attached hydrogens (tertiary/aromatic N) is 1. The lowest BCUT2D eigenvalue weighted by atomic mass is 10.0. The Morgan fingerprint density at radius 2 is 1.88 bits per heavy atom. The predicted octanol–water partition coefficient (Wildman–Crippen LogP) is 0.592. The van der Waals surface area contributed by atoms with Crippen molar-refractivity contribution in [1.82, 2.24) is 14.9 Å². The number of likely N-dealkylation sites (tertiary alicyclic amines) is 1. The van der Waals surface area contributed by atoms with E-state index >= 15 is 0 Å². The molecule has 0 aliphatic carbocycles. The number of amides is 1. The lowest BCUT2D eigenvalue weighted by molar-refractivity contribution is -0.131. The van der Waals surface area contributed by atoms with E-state index in [-0.39, 0.29) is 18.3 Å². The van der Waals surface area contributed by atoms with Crippen LogP contribution in [0.4, 0.5) is 4.39 Å². The second kappa shape index (κ2) is 7.35. The minimum Gasteiger partial charge on any atom is -0.341 e. The van der Waals surface area contributed by atoms with Gasteiger partial charge in [0.1, 0.15) is 10.7 Å². The maximum atomic E-state index is 13.7. The number of sulfonamides is 1. The largest absolute Gasteiger partial charge is 0.341 e. The van der Waals surface area contributed by atoms with E-state index < -0.39 is 26.8 Å². The quantitative estimate of drug-likeness (QED) is 0.805. The molecule has 2 aliphatic heterocycles.